The van der Waals surface area contributed by atoms with Crippen molar-refractivity contribution in [3.05, 3.63) is 18.1 Å². The van der Waals surface area contributed by atoms with Crippen molar-refractivity contribution in [2.45, 2.75) is 26.4 Å². The molecule has 2 N–H and O–H groups in total. The zero-order valence-corrected chi connectivity index (χ0v) is 14.1. The van der Waals surface area contributed by atoms with Gasteiger partial charge in [0.25, 0.3) is 5.91 Å². The molecule has 22 heavy (non-hydrogen) atoms. The quantitative estimate of drug-likeness (QED) is 0.489. The average molecular weight is 345 g/mol. The highest BCUT2D eigenvalue weighted by Crippen LogP contribution is 2.20. The normalized spacial score (nSPS) is 10.5. The Morgan fingerprint density at radius 2 is 2.00 bits per heavy atom. The summed E-state index contributed by atoms with van der Waals surface area (Å²) in [5.41, 5.74) is 0.236. The molecule has 1 amide bonds. The number of rotatable bonds is 10. The molecule has 0 unspecified atom stereocenters. The second kappa shape index (κ2) is 10.3. The lowest BCUT2D eigenvalue weighted by molar-refractivity contribution is -0.136. The van der Waals surface area contributed by atoms with Crippen molar-refractivity contribution in [3.8, 4) is 5.88 Å². The Labute approximate surface area is 137 Å². The van der Waals surface area contributed by atoms with E-state index >= 15 is 0 Å². The fourth-order valence-electron chi connectivity index (χ4n) is 1.28. The van der Waals surface area contributed by atoms with E-state index in [0.29, 0.717) is 23.9 Å². The van der Waals surface area contributed by atoms with Crippen LogP contribution in [-0.4, -0.2) is 51.1 Å². The molecule has 1 heterocycles. The largest absolute Gasteiger partial charge is 0.481 e. The average Bonchev–Trinajstić information content (AvgIpc) is 2.46. The summed E-state index contributed by atoms with van der Waals surface area (Å²) < 4.78 is 5.35. The second-order valence-corrected chi connectivity index (χ2v) is 7.15. The summed E-state index contributed by atoms with van der Waals surface area (Å²) in [6, 6.07) is 0. The number of carboxylic acids is 1. The first-order chi connectivity index (χ1) is 10.5. The summed E-state index contributed by atoms with van der Waals surface area (Å²) in [7, 11) is 3.00. The Balaban J connectivity index is 2.21. The highest BCUT2D eigenvalue weighted by Gasteiger charge is 2.08. The van der Waals surface area contributed by atoms with Crippen molar-refractivity contribution in [1.29, 1.82) is 0 Å². The maximum atomic E-state index is 11.8. The van der Waals surface area contributed by atoms with E-state index in [9.17, 15) is 9.59 Å². The monoisotopic (exact) mass is 345 g/mol. The number of aromatic nitrogens is 2. The molecule has 0 spiro atoms. The van der Waals surface area contributed by atoms with E-state index in [1.165, 1.54) is 34.0 Å². The van der Waals surface area contributed by atoms with Crippen LogP contribution in [0, 0.1) is 0 Å². The molecular formula is C13H19N3O4S2. The molecule has 9 heteroatoms. The molecule has 0 aromatic carbocycles. The van der Waals surface area contributed by atoms with Crippen LogP contribution >= 0.6 is 21.6 Å². The highest BCUT2D eigenvalue weighted by atomic mass is 33.1. The van der Waals surface area contributed by atoms with Crippen molar-refractivity contribution < 1.29 is 19.4 Å². The summed E-state index contributed by atoms with van der Waals surface area (Å²) in [5, 5.41) is 11.2. The van der Waals surface area contributed by atoms with Gasteiger partial charge in [0.15, 0.2) is 0 Å². The molecule has 1 rings (SSSR count). The molecule has 7 nitrogen and oxygen atoms in total. The van der Waals surface area contributed by atoms with Gasteiger partial charge in [-0.05, 0) is 13.8 Å². The van der Waals surface area contributed by atoms with Gasteiger partial charge in [-0.1, -0.05) is 21.6 Å². The Morgan fingerprint density at radius 1 is 1.27 bits per heavy atom. The summed E-state index contributed by atoms with van der Waals surface area (Å²) >= 11 is 0. The zero-order valence-electron chi connectivity index (χ0n) is 12.4. The zero-order chi connectivity index (χ0) is 16.4. The number of aliphatic carboxylic acids is 1. The first-order valence-corrected chi connectivity index (χ1v) is 9.21. The van der Waals surface area contributed by atoms with Crippen molar-refractivity contribution in [1.82, 2.24) is 15.3 Å². The number of hydrogen-bond acceptors (Lipinski definition) is 7. The third-order valence-electron chi connectivity index (χ3n) is 2.17. The number of carbonyl (C=O) groups is 2. The lowest BCUT2D eigenvalue weighted by Crippen LogP contribution is -2.26. The summed E-state index contributed by atoms with van der Waals surface area (Å²) in [5.74, 6) is 0.538. The van der Waals surface area contributed by atoms with Gasteiger partial charge in [-0.25, -0.2) is 9.97 Å². The van der Waals surface area contributed by atoms with Gasteiger partial charge in [-0.3, -0.25) is 9.59 Å². The fraction of sp³-hybridized carbons (Fsp3) is 0.538. The third-order valence-corrected chi connectivity index (χ3v) is 4.58. The van der Waals surface area contributed by atoms with Crippen LogP contribution in [0.1, 0.15) is 30.8 Å². The Hall–Kier alpha value is -1.48. The maximum absolute atomic E-state index is 11.8. The van der Waals surface area contributed by atoms with Crippen molar-refractivity contribution >= 4 is 33.5 Å². The molecular weight excluding hydrogens is 326 g/mol. The van der Waals surface area contributed by atoms with E-state index in [-0.39, 0.29) is 24.1 Å². The number of ether oxygens (including phenoxy) is 1. The van der Waals surface area contributed by atoms with E-state index in [2.05, 4.69) is 15.3 Å². The SMILES string of the molecule is CC(C)Oc1cnc(C(=O)NCCSSCCC(=O)O)cn1. The van der Waals surface area contributed by atoms with E-state index in [1.807, 2.05) is 13.8 Å². The molecule has 1 aromatic heterocycles. The van der Waals surface area contributed by atoms with E-state index in [1.54, 1.807) is 0 Å². The molecule has 0 bridgehead atoms. The maximum Gasteiger partial charge on any atom is 0.304 e. The fourth-order valence-corrected chi connectivity index (χ4v) is 3.17. The first-order valence-electron chi connectivity index (χ1n) is 6.72. The Morgan fingerprint density at radius 3 is 2.59 bits per heavy atom. The lowest BCUT2D eigenvalue weighted by Gasteiger charge is -2.08. The first kappa shape index (κ1) is 18.6. The van der Waals surface area contributed by atoms with Gasteiger partial charge in [0, 0.05) is 18.1 Å². The molecule has 0 aliphatic carbocycles. The number of nitrogens with one attached hydrogen (secondary N) is 1. The van der Waals surface area contributed by atoms with Crippen LogP contribution in [0.2, 0.25) is 0 Å². The highest BCUT2D eigenvalue weighted by molar-refractivity contribution is 8.76. The standard InChI is InChI=1S/C13H19N3O4S2/c1-9(2)20-11-8-15-10(7-16-11)13(19)14-4-6-22-21-5-3-12(17)18/h7-9H,3-6H2,1-2H3,(H,14,19)(H,17,18). The molecule has 0 radical (unpaired) electrons. The van der Waals surface area contributed by atoms with Crippen molar-refractivity contribution in [2.24, 2.45) is 0 Å². The number of carbonyl (C=O) groups excluding carboxylic acids is 1. The van der Waals surface area contributed by atoms with Gasteiger partial charge in [0.1, 0.15) is 5.69 Å². The van der Waals surface area contributed by atoms with E-state index in [4.69, 9.17) is 9.84 Å². The summed E-state index contributed by atoms with van der Waals surface area (Å²) in [6.07, 6.45) is 2.95. The predicted molar refractivity (Wildman–Crippen MR) is 87.3 cm³/mol. The van der Waals surface area contributed by atoms with Crippen LogP contribution < -0.4 is 10.1 Å². The van der Waals surface area contributed by atoms with Crippen molar-refractivity contribution in [2.75, 3.05) is 18.1 Å². The lowest BCUT2D eigenvalue weighted by atomic mass is 10.4. The molecule has 0 saturated carbocycles. The van der Waals surface area contributed by atoms with Crippen molar-refractivity contribution in [3.63, 3.8) is 0 Å². The van der Waals surface area contributed by atoms with Crippen LogP contribution in [0.25, 0.3) is 0 Å². The van der Waals surface area contributed by atoms with Gasteiger partial charge < -0.3 is 15.2 Å². The van der Waals surface area contributed by atoms with Gasteiger partial charge in [-0.2, -0.15) is 0 Å². The van der Waals surface area contributed by atoms with Crippen LogP contribution in [-0.2, 0) is 4.79 Å². The number of amides is 1. The van der Waals surface area contributed by atoms with Gasteiger partial charge in [0.2, 0.25) is 5.88 Å². The minimum Gasteiger partial charge on any atom is -0.481 e. The van der Waals surface area contributed by atoms with E-state index < -0.39 is 5.97 Å². The second-order valence-electron chi connectivity index (χ2n) is 4.45. The van der Waals surface area contributed by atoms with Gasteiger partial charge in [0.05, 0.1) is 24.9 Å². The number of hydrogen-bond donors (Lipinski definition) is 2. The summed E-state index contributed by atoms with van der Waals surface area (Å²) in [4.78, 5) is 30.1. The molecule has 0 fully saturated rings. The number of carboxylic acid groups (broad SMARTS) is 1. The minimum absolute atomic E-state index is 0.00429. The summed E-state index contributed by atoms with van der Waals surface area (Å²) in [6.45, 7) is 4.25. The number of nitrogens with zero attached hydrogens (tertiary/aromatic N) is 2. The van der Waals surface area contributed by atoms with Gasteiger partial charge >= 0.3 is 5.97 Å². The molecule has 0 aliphatic heterocycles. The Kier molecular flexibility index (Phi) is 8.68. The van der Waals surface area contributed by atoms with Crippen LogP contribution in [0.5, 0.6) is 5.88 Å². The molecule has 0 aliphatic rings. The molecule has 0 saturated heterocycles. The van der Waals surface area contributed by atoms with E-state index in [0.717, 1.165) is 0 Å². The smallest absolute Gasteiger partial charge is 0.304 e. The predicted octanol–water partition coefficient (Wildman–Crippen LogP) is 1.85. The topological polar surface area (TPSA) is 101 Å². The Bertz CT molecular complexity index is 483. The molecule has 0 atom stereocenters. The van der Waals surface area contributed by atoms with Gasteiger partial charge in [-0.15, -0.1) is 0 Å². The van der Waals surface area contributed by atoms with Crippen LogP contribution in [0.15, 0.2) is 12.4 Å². The molecule has 122 valence electrons. The van der Waals surface area contributed by atoms with Crippen LogP contribution in [0.4, 0.5) is 0 Å². The molecule has 1 aromatic rings. The minimum atomic E-state index is -0.801. The third kappa shape index (κ3) is 8.08. The van der Waals surface area contributed by atoms with Crippen LogP contribution in [0.3, 0.4) is 0 Å².